The molecule has 3 heterocycles. The van der Waals surface area contributed by atoms with E-state index in [4.69, 9.17) is 4.74 Å². The quantitative estimate of drug-likeness (QED) is 0.110. The number of Topliss-reactive ketones (excluding diaryl/α,β-unsaturated/α-hetero) is 1. The summed E-state index contributed by atoms with van der Waals surface area (Å²) in [6, 6.07) is 22.9. The Morgan fingerprint density at radius 1 is 1.02 bits per heavy atom. The molecule has 3 aromatic carbocycles. The summed E-state index contributed by atoms with van der Waals surface area (Å²) in [4.78, 5) is 55.8. The minimum Gasteiger partial charge on any atom is -0.462 e. The first-order valence-corrected chi connectivity index (χ1v) is 15.7. The van der Waals surface area contributed by atoms with Crippen molar-refractivity contribution in [1.29, 1.82) is 0 Å². The number of carbonyl (C=O) groups is 4. The van der Waals surface area contributed by atoms with E-state index in [-0.39, 0.29) is 30.6 Å². The molecule has 9 heteroatoms. The molecule has 0 spiro atoms. The van der Waals surface area contributed by atoms with E-state index >= 15 is 0 Å². The minimum absolute atomic E-state index is 0.0909. The van der Waals surface area contributed by atoms with Crippen LogP contribution < -0.4 is 10.6 Å². The predicted molar refractivity (Wildman–Crippen MR) is 172 cm³/mol. The van der Waals surface area contributed by atoms with Gasteiger partial charge in [0.2, 0.25) is 11.8 Å². The molecule has 0 aliphatic carbocycles. The fraction of sp³-hybridized carbons (Fsp3) is 0.297. The molecule has 2 aliphatic heterocycles. The average Bonchev–Trinajstić information content (AvgIpc) is 3.81. The summed E-state index contributed by atoms with van der Waals surface area (Å²) < 4.78 is 18.9. The lowest BCUT2D eigenvalue weighted by Crippen LogP contribution is -2.42. The first kappa shape index (κ1) is 31.0. The number of H-pyrrole nitrogens is 1. The second-order valence-corrected chi connectivity index (χ2v) is 12.1. The van der Waals surface area contributed by atoms with Gasteiger partial charge in [0.05, 0.1) is 18.2 Å². The zero-order chi connectivity index (χ0) is 32.2. The molecule has 2 aliphatic rings. The summed E-state index contributed by atoms with van der Waals surface area (Å²) in [5.74, 6) is -3.15. The number of ketones is 1. The average molecular weight is 622 g/mol. The highest BCUT2D eigenvalue weighted by molar-refractivity contribution is 6.00. The molecule has 46 heavy (non-hydrogen) atoms. The Kier molecular flexibility index (Phi) is 9.10. The van der Waals surface area contributed by atoms with Gasteiger partial charge in [-0.1, -0.05) is 67.6 Å². The van der Waals surface area contributed by atoms with E-state index in [0.717, 1.165) is 22.0 Å². The van der Waals surface area contributed by atoms with Crippen molar-refractivity contribution < 1.29 is 28.3 Å². The van der Waals surface area contributed by atoms with Crippen LogP contribution in [0.15, 0.2) is 90.5 Å². The molecular weight excluding hydrogens is 585 g/mol. The Bertz CT molecular complexity index is 1810. The number of ether oxygens (including phenoxy) is 1. The summed E-state index contributed by atoms with van der Waals surface area (Å²) in [7, 11) is 0. The van der Waals surface area contributed by atoms with Crippen LogP contribution in [0.25, 0.3) is 22.0 Å². The largest absolute Gasteiger partial charge is 0.462 e. The fourth-order valence-corrected chi connectivity index (χ4v) is 6.46. The Labute approximate surface area is 266 Å². The zero-order valence-electron chi connectivity index (χ0n) is 25.6. The van der Waals surface area contributed by atoms with Crippen LogP contribution in [-0.4, -0.2) is 47.7 Å². The van der Waals surface area contributed by atoms with Gasteiger partial charge in [0.1, 0.15) is 5.82 Å². The predicted octanol–water partition coefficient (Wildman–Crippen LogP) is 5.85. The van der Waals surface area contributed by atoms with Crippen molar-refractivity contribution in [2.45, 2.75) is 44.6 Å². The highest BCUT2D eigenvalue weighted by Crippen LogP contribution is 2.32. The third-order valence-corrected chi connectivity index (χ3v) is 9.11. The first-order chi connectivity index (χ1) is 22.3. The molecule has 4 aromatic rings. The lowest BCUT2D eigenvalue weighted by Gasteiger charge is -2.26. The molecule has 0 bridgehead atoms. The maximum atomic E-state index is 14.1. The number of benzene rings is 3. The van der Waals surface area contributed by atoms with Crippen LogP contribution in [0, 0.1) is 17.7 Å². The van der Waals surface area contributed by atoms with Crippen LogP contribution >= 0.6 is 0 Å². The first-order valence-electron chi connectivity index (χ1n) is 15.7. The number of amides is 2. The van der Waals surface area contributed by atoms with E-state index in [1.165, 1.54) is 12.1 Å². The summed E-state index contributed by atoms with van der Waals surface area (Å²) in [6.07, 6.45) is 2.92. The molecule has 8 nitrogen and oxygen atoms in total. The third kappa shape index (κ3) is 6.78. The molecule has 0 unspecified atom stereocenters. The maximum absolute atomic E-state index is 14.1. The van der Waals surface area contributed by atoms with E-state index in [0.29, 0.717) is 42.6 Å². The van der Waals surface area contributed by atoms with Crippen molar-refractivity contribution in [3.63, 3.8) is 0 Å². The second kappa shape index (κ2) is 13.5. The standard InChI is InChI=1S/C37H36FN3O5/c1-22(23-9-11-27(38)12-10-23)31(36(44)40-28(19-25-15-17-39-35(25)43)20-26-16-18-46-37(26)45)21-34(42)33-14-13-32(41-33)30-8-4-6-24-5-2-3-7-29(24)30/h2-14,20,22,25,28,31,41H,15-19,21H2,1H3,(H,39,43)(H,40,44)/b26-20+/t22-,25-,28-,31+/m0/s1. The highest BCUT2D eigenvalue weighted by Gasteiger charge is 2.34. The Hall–Kier alpha value is -5.05. The van der Waals surface area contributed by atoms with Crippen LogP contribution in [-0.2, 0) is 19.1 Å². The van der Waals surface area contributed by atoms with Crippen LogP contribution in [0.5, 0.6) is 0 Å². The van der Waals surface area contributed by atoms with Crippen molar-refractivity contribution in [2.24, 2.45) is 11.8 Å². The smallest absolute Gasteiger partial charge is 0.333 e. The number of esters is 1. The molecule has 3 N–H and O–H groups in total. The molecular formula is C37H36FN3O5. The highest BCUT2D eigenvalue weighted by atomic mass is 19.1. The van der Waals surface area contributed by atoms with Gasteiger partial charge in [0, 0.05) is 48.2 Å². The molecule has 2 saturated heterocycles. The molecule has 0 radical (unpaired) electrons. The summed E-state index contributed by atoms with van der Waals surface area (Å²) in [6.45, 7) is 2.66. The molecule has 6 rings (SSSR count). The van der Waals surface area contributed by atoms with Gasteiger partial charge < -0.3 is 20.4 Å². The van der Waals surface area contributed by atoms with Gasteiger partial charge in [-0.2, -0.15) is 0 Å². The Morgan fingerprint density at radius 3 is 2.54 bits per heavy atom. The van der Waals surface area contributed by atoms with Crippen LogP contribution in [0.2, 0.25) is 0 Å². The minimum atomic E-state index is -0.823. The van der Waals surface area contributed by atoms with Crippen LogP contribution in [0.3, 0.4) is 0 Å². The van der Waals surface area contributed by atoms with Crippen LogP contribution in [0.1, 0.15) is 54.6 Å². The topological polar surface area (TPSA) is 117 Å². The lowest BCUT2D eigenvalue weighted by atomic mass is 9.82. The van der Waals surface area contributed by atoms with Gasteiger partial charge >= 0.3 is 5.97 Å². The number of aromatic nitrogens is 1. The normalized spacial score (nSPS) is 19.1. The summed E-state index contributed by atoms with van der Waals surface area (Å²) >= 11 is 0. The van der Waals surface area contributed by atoms with Crippen molar-refractivity contribution in [2.75, 3.05) is 13.2 Å². The number of aromatic amines is 1. The second-order valence-electron chi connectivity index (χ2n) is 12.1. The Balaban J connectivity index is 1.27. The van der Waals surface area contributed by atoms with Crippen LogP contribution in [0.4, 0.5) is 4.39 Å². The molecule has 2 fully saturated rings. The zero-order valence-corrected chi connectivity index (χ0v) is 25.6. The maximum Gasteiger partial charge on any atom is 0.333 e. The SMILES string of the molecule is C[C@@H](c1ccc(F)cc1)[C@@H](CC(=O)c1ccc(-c2cccc3ccccc23)[nH]1)C(=O)N[C@H](/C=C1\CCOC1=O)C[C@@H]1CCNC1=O. The van der Waals surface area contributed by atoms with E-state index in [9.17, 15) is 23.6 Å². The Morgan fingerprint density at radius 2 is 1.80 bits per heavy atom. The number of hydrogen-bond acceptors (Lipinski definition) is 5. The van der Waals surface area contributed by atoms with Gasteiger partial charge in [-0.05, 0) is 59.4 Å². The number of cyclic esters (lactones) is 1. The molecule has 236 valence electrons. The monoisotopic (exact) mass is 621 g/mol. The van der Waals surface area contributed by atoms with E-state index in [1.807, 2.05) is 55.5 Å². The number of hydrogen-bond donors (Lipinski definition) is 3. The summed E-state index contributed by atoms with van der Waals surface area (Å²) in [5.41, 5.74) is 3.29. The van der Waals surface area contributed by atoms with Crippen molar-refractivity contribution >= 4 is 34.3 Å². The fourth-order valence-electron chi connectivity index (χ4n) is 6.46. The lowest BCUT2D eigenvalue weighted by molar-refractivity contribution is -0.135. The molecule has 2 amide bonds. The van der Waals surface area contributed by atoms with E-state index in [2.05, 4.69) is 15.6 Å². The number of nitrogens with one attached hydrogen (secondary N) is 3. The van der Waals surface area contributed by atoms with E-state index < -0.39 is 35.6 Å². The molecule has 0 saturated carbocycles. The summed E-state index contributed by atoms with van der Waals surface area (Å²) in [5, 5.41) is 8.00. The van der Waals surface area contributed by atoms with Gasteiger partial charge in [-0.3, -0.25) is 14.4 Å². The van der Waals surface area contributed by atoms with E-state index in [1.54, 1.807) is 24.3 Å². The van der Waals surface area contributed by atoms with Gasteiger partial charge in [0.25, 0.3) is 0 Å². The molecule has 1 aromatic heterocycles. The third-order valence-electron chi connectivity index (χ3n) is 9.11. The van der Waals surface area contributed by atoms with Gasteiger partial charge in [-0.25, -0.2) is 9.18 Å². The number of fused-ring (bicyclic) bond motifs is 1. The number of rotatable bonds is 11. The number of carbonyl (C=O) groups excluding carboxylic acids is 4. The number of halogens is 1. The van der Waals surface area contributed by atoms with Crippen molar-refractivity contribution in [1.82, 2.24) is 15.6 Å². The van der Waals surface area contributed by atoms with Crippen molar-refractivity contribution in [3.05, 3.63) is 108 Å². The van der Waals surface area contributed by atoms with Gasteiger partial charge in [-0.15, -0.1) is 0 Å². The molecule has 4 atom stereocenters. The van der Waals surface area contributed by atoms with Crippen molar-refractivity contribution in [3.8, 4) is 11.3 Å². The van der Waals surface area contributed by atoms with Gasteiger partial charge in [0.15, 0.2) is 5.78 Å².